The quantitative estimate of drug-likeness (QED) is 0.357. The van der Waals surface area contributed by atoms with Crippen LogP contribution in [0.3, 0.4) is 0 Å². The van der Waals surface area contributed by atoms with E-state index in [9.17, 15) is 4.39 Å². The lowest BCUT2D eigenvalue weighted by Crippen LogP contribution is -1.90. The van der Waals surface area contributed by atoms with Crippen molar-refractivity contribution >= 4 is 56.3 Å². The van der Waals surface area contributed by atoms with Gasteiger partial charge in [-0.2, -0.15) is 0 Å². The van der Waals surface area contributed by atoms with Crippen molar-refractivity contribution in [3.8, 4) is 0 Å². The minimum atomic E-state index is -0.319. The summed E-state index contributed by atoms with van der Waals surface area (Å²) >= 11 is 11.1. The van der Waals surface area contributed by atoms with E-state index in [2.05, 4.69) is 21.4 Å². The average molecular weight is 407 g/mol. The van der Waals surface area contributed by atoms with Crippen molar-refractivity contribution in [2.45, 2.75) is 16.5 Å². The van der Waals surface area contributed by atoms with E-state index < -0.39 is 0 Å². The molecule has 2 aromatic carbocycles. The molecule has 0 saturated carbocycles. The summed E-state index contributed by atoms with van der Waals surface area (Å²) in [4.78, 5) is 9.29. The number of para-hydroxylation sites is 1. The Balaban J connectivity index is 1.42. The van der Waals surface area contributed by atoms with E-state index in [0.717, 1.165) is 31.9 Å². The largest absolute Gasteiger partial charge is 0.245 e. The molecular formula is C18H12ClFN2S3. The molecule has 0 amide bonds. The number of hydrogen-bond donors (Lipinski definition) is 0. The average Bonchev–Trinajstić information content (AvgIpc) is 3.21. The predicted molar refractivity (Wildman–Crippen MR) is 106 cm³/mol. The molecule has 2 aromatic heterocycles. The van der Waals surface area contributed by atoms with Gasteiger partial charge < -0.3 is 0 Å². The van der Waals surface area contributed by atoms with Crippen molar-refractivity contribution in [2.75, 3.05) is 0 Å². The fraction of sp³-hybridized carbons (Fsp3) is 0.111. The molecule has 0 atom stereocenters. The highest BCUT2D eigenvalue weighted by molar-refractivity contribution is 8.00. The van der Waals surface area contributed by atoms with Gasteiger partial charge in [0.15, 0.2) is 4.34 Å². The Morgan fingerprint density at radius 3 is 2.84 bits per heavy atom. The summed E-state index contributed by atoms with van der Waals surface area (Å²) in [5.74, 6) is 0.466. The maximum absolute atomic E-state index is 13.1. The van der Waals surface area contributed by atoms with Gasteiger partial charge in [-0.15, -0.1) is 22.7 Å². The highest BCUT2D eigenvalue weighted by Gasteiger charge is 2.09. The summed E-state index contributed by atoms with van der Waals surface area (Å²) < 4.78 is 15.4. The van der Waals surface area contributed by atoms with E-state index in [4.69, 9.17) is 11.6 Å². The van der Waals surface area contributed by atoms with Crippen molar-refractivity contribution in [1.29, 1.82) is 0 Å². The number of halogens is 2. The van der Waals surface area contributed by atoms with E-state index in [1.165, 1.54) is 16.8 Å². The van der Waals surface area contributed by atoms with Crippen LogP contribution in [-0.4, -0.2) is 9.97 Å². The van der Waals surface area contributed by atoms with E-state index in [0.29, 0.717) is 11.4 Å². The predicted octanol–water partition coefficient (Wildman–Crippen LogP) is 6.43. The molecule has 7 heteroatoms. The van der Waals surface area contributed by atoms with Crippen LogP contribution < -0.4 is 0 Å². The molecule has 2 heterocycles. The van der Waals surface area contributed by atoms with Crippen LogP contribution in [0.2, 0.25) is 5.02 Å². The summed E-state index contributed by atoms with van der Waals surface area (Å²) in [5.41, 5.74) is 2.96. The van der Waals surface area contributed by atoms with Crippen molar-refractivity contribution in [3.05, 3.63) is 74.9 Å². The zero-order valence-electron chi connectivity index (χ0n) is 12.9. The van der Waals surface area contributed by atoms with Gasteiger partial charge in [0.1, 0.15) is 5.82 Å². The summed E-state index contributed by atoms with van der Waals surface area (Å²) in [6, 6.07) is 12.6. The van der Waals surface area contributed by atoms with Gasteiger partial charge in [0.05, 0.1) is 20.9 Å². The molecule has 0 unspecified atom stereocenters. The molecule has 0 N–H and O–H groups in total. The van der Waals surface area contributed by atoms with E-state index in [1.54, 1.807) is 40.5 Å². The monoisotopic (exact) mass is 406 g/mol. The third kappa shape index (κ3) is 4.03. The Labute approximate surface area is 161 Å². The van der Waals surface area contributed by atoms with Gasteiger partial charge in [-0.25, -0.2) is 14.4 Å². The first kappa shape index (κ1) is 17.0. The molecule has 2 nitrogen and oxygen atoms in total. The van der Waals surface area contributed by atoms with Crippen LogP contribution in [0, 0.1) is 5.82 Å². The SMILES string of the molecule is Fc1ccc(Cc2nc(CSc3nc4ccccc4s3)cs2)c(Cl)c1. The fourth-order valence-electron chi connectivity index (χ4n) is 2.37. The van der Waals surface area contributed by atoms with E-state index in [-0.39, 0.29) is 5.82 Å². The second kappa shape index (κ2) is 7.41. The number of fused-ring (bicyclic) bond motifs is 1. The number of aromatic nitrogens is 2. The maximum atomic E-state index is 13.1. The van der Waals surface area contributed by atoms with E-state index in [1.807, 2.05) is 18.2 Å². The molecule has 4 aromatic rings. The van der Waals surface area contributed by atoms with E-state index >= 15 is 0 Å². The lowest BCUT2D eigenvalue weighted by Gasteiger charge is -2.01. The van der Waals surface area contributed by atoms with Gasteiger partial charge in [-0.1, -0.05) is 41.6 Å². The first-order valence-corrected chi connectivity index (χ1v) is 10.6. The Bertz CT molecular complexity index is 995. The number of nitrogens with zero attached hydrogens (tertiary/aromatic N) is 2. The number of benzene rings is 2. The Morgan fingerprint density at radius 2 is 2.00 bits per heavy atom. The second-order valence-corrected chi connectivity index (χ2v) is 8.98. The van der Waals surface area contributed by atoms with Gasteiger partial charge in [0.2, 0.25) is 0 Å². The molecule has 0 aliphatic carbocycles. The highest BCUT2D eigenvalue weighted by atomic mass is 35.5. The smallest absolute Gasteiger partial charge is 0.151 e. The zero-order chi connectivity index (χ0) is 17.2. The van der Waals surface area contributed by atoms with Crippen LogP contribution in [0.15, 0.2) is 52.2 Å². The topological polar surface area (TPSA) is 25.8 Å². The number of thioether (sulfide) groups is 1. The molecule has 0 radical (unpaired) electrons. The molecular weight excluding hydrogens is 395 g/mol. The highest BCUT2D eigenvalue weighted by Crippen LogP contribution is 2.32. The minimum absolute atomic E-state index is 0.319. The van der Waals surface area contributed by atoms with Crippen LogP contribution in [0.25, 0.3) is 10.2 Å². The molecule has 0 aliphatic rings. The van der Waals surface area contributed by atoms with Gasteiger partial charge in [-0.3, -0.25) is 0 Å². The van der Waals surface area contributed by atoms with Crippen molar-refractivity contribution in [2.24, 2.45) is 0 Å². The van der Waals surface area contributed by atoms with Crippen LogP contribution in [0.5, 0.6) is 0 Å². The normalized spacial score (nSPS) is 11.3. The standard InChI is InChI=1S/C18H12ClFN2S3/c19-14-8-12(20)6-5-11(14)7-17-21-13(9-23-17)10-24-18-22-15-3-1-2-4-16(15)25-18/h1-6,8-9H,7,10H2. The summed E-state index contributed by atoms with van der Waals surface area (Å²) in [7, 11) is 0. The summed E-state index contributed by atoms with van der Waals surface area (Å²) in [6.45, 7) is 0. The molecule has 0 aliphatic heterocycles. The Morgan fingerprint density at radius 1 is 1.12 bits per heavy atom. The molecule has 0 fully saturated rings. The van der Waals surface area contributed by atoms with Crippen molar-refractivity contribution in [1.82, 2.24) is 9.97 Å². The first-order chi connectivity index (χ1) is 12.2. The molecule has 126 valence electrons. The maximum Gasteiger partial charge on any atom is 0.151 e. The molecule has 25 heavy (non-hydrogen) atoms. The Kier molecular flexibility index (Phi) is 5.03. The summed E-state index contributed by atoms with van der Waals surface area (Å²) in [5, 5.41) is 3.49. The van der Waals surface area contributed by atoms with Gasteiger partial charge in [0.25, 0.3) is 0 Å². The number of thiazole rings is 2. The van der Waals surface area contributed by atoms with Crippen molar-refractivity contribution < 1.29 is 4.39 Å². The van der Waals surface area contributed by atoms with Crippen LogP contribution in [0.4, 0.5) is 4.39 Å². The molecule has 0 saturated heterocycles. The number of hydrogen-bond acceptors (Lipinski definition) is 5. The second-order valence-electron chi connectivity index (χ2n) is 5.38. The minimum Gasteiger partial charge on any atom is -0.245 e. The zero-order valence-corrected chi connectivity index (χ0v) is 16.1. The lowest BCUT2D eigenvalue weighted by molar-refractivity contribution is 0.627. The first-order valence-electron chi connectivity index (χ1n) is 7.53. The van der Waals surface area contributed by atoms with Crippen molar-refractivity contribution in [3.63, 3.8) is 0 Å². The molecule has 0 bridgehead atoms. The van der Waals surface area contributed by atoms with Crippen LogP contribution in [-0.2, 0) is 12.2 Å². The number of rotatable bonds is 5. The third-order valence-electron chi connectivity index (χ3n) is 3.57. The van der Waals surface area contributed by atoms with Gasteiger partial charge in [-0.05, 0) is 29.8 Å². The fourth-order valence-corrected chi connectivity index (χ4v) is 5.49. The summed E-state index contributed by atoms with van der Waals surface area (Å²) in [6.07, 6.45) is 0.621. The van der Waals surface area contributed by atoms with Crippen LogP contribution in [0.1, 0.15) is 16.3 Å². The van der Waals surface area contributed by atoms with Gasteiger partial charge in [0, 0.05) is 22.6 Å². The van der Waals surface area contributed by atoms with Crippen LogP contribution >= 0.6 is 46.0 Å². The molecule has 4 rings (SSSR count). The van der Waals surface area contributed by atoms with Gasteiger partial charge >= 0.3 is 0 Å². The lowest BCUT2D eigenvalue weighted by atomic mass is 10.1. The third-order valence-corrected chi connectivity index (χ3v) is 7.04. The Hall–Kier alpha value is -1.47. The molecule has 0 spiro atoms.